The quantitative estimate of drug-likeness (QED) is 0.257. The second-order valence-electron chi connectivity index (χ2n) is 2.41. The van der Waals surface area contributed by atoms with Crippen LogP contribution in [0.25, 0.3) is 0 Å². The number of rotatable bonds is 5. The maximum atomic E-state index is 10.3. The molecule has 0 saturated carbocycles. The molecule has 1 heterocycles. The van der Waals surface area contributed by atoms with Gasteiger partial charge in [-0.25, -0.2) is 9.97 Å². The number of nitrogens with zero attached hydrogens (tertiary/aromatic N) is 3. The van der Waals surface area contributed by atoms with Gasteiger partial charge in [0, 0.05) is 12.4 Å². The summed E-state index contributed by atoms with van der Waals surface area (Å²) in [6.45, 7) is 0.125. The van der Waals surface area contributed by atoms with Gasteiger partial charge in [0.15, 0.2) is 5.16 Å². The molecule has 1 rings (SSSR count). The molecule has 6 nitrogen and oxygen atoms in total. The van der Waals surface area contributed by atoms with Gasteiger partial charge in [-0.2, -0.15) is 0 Å². The first kappa shape index (κ1) is 10.9. The van der Waals surface area contributed by atoms with Gasteiger partial charge >= 0.3 is 5.69 Å². The standard InChI is InChI=1S/C7H9N3O3S/c11-2-1-3-14-7-8-4-6(5-9-7)10(12)13/h4-5,11H,1-3H2. The highest BCUT2D eigenvalue weighted by Gasteiger charge is 2.06. The highest BCUT2D eigenvalue weighted by atomic mass is 32.2. The number of hydrogen-bond acceptors (Lipinski definition) is 6. The van der Waals surface area contributed by atoms with Gasteiger partial charge in [-0.3, -0.25) is 10.1 Å². The zero-order chi connectivity index (χ0) is 10.4. The van der Waals surface area contributed by atoms with Crippen molar-refractivity contribution in [1.29, 1.82) is 0 Å². The molecule has 0 aliphatic carbocycles. The van der Waals surface area contributed by atoms with Crippen LogP contribution in [0, 0.1) is 10.1 Å². The minimum Gasteiger partial charge on any atom is -0.396 e. The van der Waals surface area contributed by atoms with Crippen molar-refractivity contribution in [1.82, 2.24) is 9.97 Å². The molecule has 0 fully saturated rings. The van der Waals surface area contributed by atoms with E-state index >= 15 is 0 Å². The first-order valence-corrected chi connectivity index (χ1v) is 4.92. The molecule has 0 radical (unpaired) electrons. The second-order valence-corrected chi connectivity index (χ2v) is 3.47. The molecule has 0 bridgehead atoms. The molecule has 0 aliphatic rings. The van der Waals surface area contributed by atoms with E-state index in [-0.39, 0.29) is 12.3 Å². The van der Waals surface area contributed by atoms with Gasteiger partial charge < -0.3 is 5.11 Å². The van der Waals surface area contributed by atoms with E-state index in [1.165, 1.54) is 24.2 Å². The fourth-order valence-corrected chi connectivity index (χ4v) is 1.42. The van der Waals surface area contributed by atoms with E-state index in [0.29, 0.717) is 17.3 Å². The maximum Gasteiger partial charge on any atom is 0.305 e. The van der Waals surface area contributed by atoms with Crippen LogP contribution in [0.5, 0.6) is 0 Å². The molecule has 76 valence electrons. The van der Waals surface area contributed by atoms with Crippen molar-refractivity contribution in [2.75, 3.05) is 12.4 Å². The third-order valence-corrected chi connectivity index (χ3v) is 2.32. The summed E-state index contributed by atoms with van der Waals surface area (Å²) in [5.74, 6) is 0.703. The lowest BCUT2D eigenvalue weighted by atomic mass is 10.5. The zero-order valence-electron chi connectivity index (χ0n) is 7.29. The predicted molar refractivity (Wildman–Crippen MR) is 51.1 cm³/mol. The van der Waals surface area contributed by atoms with Crippen LogP contribution in [0.4, 0.5) is 5.69 Å². The average Bonchev–Trinajstić information content (AvgIpc) is 2.19. The van der Waals surface area contributed by atoms with Gasteiger partial charge in [-0.05, 0) is 6.42 Å². The molecule has 0 amide bonds. The van der Waals surface area contributed by atoms with Crippen LogP contribution >= 0.6 is 11.8 Å². The molecule has 1 aromatic heterocycles. The highest BCUT2D eigenvalue weighted by Crippen LogP contribution is 2.15. The first-order chi connectivity index (χ1) is 6.74. The summed E-state index contributed by atoms with van der Waals surface area (Å²) in [6.07, 6.45) is 3.01. The summed E-state index contributed by atoms with van der Waals surface area (Å²) in [4.78, 5) is 17.3. The van der Waals surface area contributed by atoms with E-state index in [2.05, 4.69) is 9.97 Å². The van der Waals surface area contributed by atoms with Gasteiger partial charge in [-0.15, -0.1) is 0 Å². The van der Waals surface area contributed by atoms with Gasteiger partial charge in [0.05, 0.1) is 4.92 Å². The molecule has 0 aromatic carbocycles. The Kier molecular flexibility index (Phi) is 4.27. The van der Waals surface area contributed by atoms with Crippen molar-refractivity contribution in [3.63, 3.8) is 0 Å². The van der Waals surface area contributed by atoms with Crippen LogP contribution in [0.3, 0.4) is 0 Å². The third-order valence-electron chi connectivity index (χ3n) is 1.36. The molecule has 1 aromatic rings. The smallest absolute Gasteiger partial charge is 0.305 e. The van der Waals surface area contributed by atoms with E-state index in [9.17, 15) is 10.1 Å². The largest absolute Gasteiger partial charge is 0.396 e. The number of thioether (sulfide) groups is 1. The van der Waals surface area contributed by atoms with Gasteiger partial charge in [-0.1, -0.05) is 11.8 Å². The predicted octanol–water partition coefficient (Wildman–Crippen LogP) is 0.859. The van der Waals surface area contributed by atoms with Gasteiger partial charge in [0.25, 0.3) is 0 Å². The summed E-state index contributed by atoms with van der Waals surface area (Å²) in [7, 11) is 0. The summed E-state index contributed by atoms with van der Waals surface area (Å²) in [5.41, 5.74) is -0.114. The van der Waals surface area contributed by atoms with Crippen molar-refractivity contribution in [3.8, 4) is 0 Å². The molecule has 0 aliphatic heterocycles. The maximum absolute atomic E-state index is 10.3. The normalized spacial score (nSPS) is 10.1. The summed E-state index contributed by atoms with van der Waals surface area (Å²) < 4.78 is 0. The van der Waals surface area contributed by atoms with Crippen molar-refractivity contribution < 1.29 is 10.0 Å². The Bertz CT molecular complexity index is 304. The van der Waals surface area contributed by atoms with Crippen LogP contribution in [-0.2, 0) is 0 Å². The third kappa shape index (κ3) is 3.27. The van der Waals surface area contributed by atoms with Crippen molar-refractivity contribution in [3.05, 3.63) is 22.5 Å². The van der Waals surface area contributed by atoms with Gasteiger partial charge in [0.2, 0.25) is 0 Å². The number of aliphatic hydroxyl groups is 1. The second kappa shape index (κ2) is 5.51. The fraction of sp³-hybridized carbons (Fsp3) is 0.429. The average molecular weight is 215 g/mol. The Morgan fingerprint density at radius 2 is 2.14 bits per heavy atom. The Labute approximate surface area is 84.5 Å². The molecule has 0 unspecified atom stereocenters. The number of aromatic nitrogens is 2. The Hall–Kier alpha value is -1.21. The Morgan fingerprint density at radius 1 is 1.50 bits per heavy atom. The van der Waals surface area contributed by atoms with E-state index < -0.39 is 4.92 Å². The highest BCUT2D eigenvalue weighted by molar-refractivity contribution is 7.99. The SMILES string of the molecule is O=[N+]([O-])c1cnc(SCCCO)nc1. The lowest BCUT2D eigenvalue weighted by Crippen LogP contribution is -1.93. The number of aliphatic hydroxyl groups excluding tert-OH is 1. The van der Waals surface area contributed by atoms with Crippen LogP contribution in [0.2, 0.25) is 0 Å². The van der Waals surface area contributed by atoms with Gasteiger partial charge in [0.1, 0.15) is 12.4 Å². The first-order valence-electron chi connectivity index (χ1n) is 3.94. The molecular weight excluding hydrogens is 206 g/mol. The van der Waals surface area contributed by atoms with E-state index in [1.807, 2.05) is 0 Å². The number of hydrogen-bond donors (Lipinski definition) is 1. The molecule has 1 N–H and O–H groups in total. The van der Waals surface area contributed by atoms with E-state index in [0.717, 1.165) is 0 Å². The Balaban J connectivity index is 2.51. The van der Waals surface area contributed by atoms with E-state index in [4.69, 9.17) is 5.11 Å². The summed E-state index contributed by atoms with van der Waals surface area (Å²) in [5, 5.41) is 19.3. The molecular formula is C7H9N3O3S. The summed E-state index contributed by atoms with van der Waals surface area (Å²) in [6, 6.07) is 0. The fourth-order valence-electron chi connectivity index (χ4n) is 0.706. The molecule has 0 spiro atoms. The van der Waals surface area contributed by atoms with E-state index in [1.54, 1.807) is 0 Å². The Morgan fingerprint density at radius 3 is 2.64 bits per heavy atom. The zero-order valence-corrected chi connectivity index (χ0v) is 8.11. The molecule has 7 heteroatoms. The monoisotopic (exact) mass is 215 g/mol. The lowest BCUT2D eigenvalue weighted by Gasteiger charge is -1.96. The molecule has 0 atom stereocenters. The molecule has 0 saturated heterocycles. The molecule has 14 heavy (non-hydrogen) atoms. The number of nitro groups is 1. The van der Waals surface area contributed by atoms with Crippen LogP contribution in [0.1, 0.15) is 6.42 Å². The van der Waals surface area contributed by atoms with Crippen molar-refractivity contribution in [2.45, 2.75) is 11.6 Å². The lowest BCUT2D eigenvalue weighted by molar-refractivity contribution is -0.385. The van der Waals surface area contributed by atoms with Crippen molar-refractivity contribution in [2.24, 2.45) is 0 Å². The van der Waals surface area contributed by atoms with Crippen molar-refractivity contribution >= 4 is 17.4 Å². The van der Waals surface area contributed by atoms with Crippen LogP contribution in [-0.4, -0.2) is 32.4 Å². The topological polar surface area (TPSA) is 89.2 Å². The van der Waals surface area contributed by atoms with Crippen LogP contribution < -0.4 is 0 Å². The van der Waals surface area contributed by atoms with Crippen LogP contribution in [0.15, 0.2) is 17.6 Å². The summed E-state index contributed by atoms with van der Waals surface area (Å²) >= 11 is 1.36. The minimum atomic E-state index is -0.540. The minimum absolute atomic E-state index is 0.114.